The molecule has 0 fully saturated rings. The Morgan fingerprint density at radius 2 is 2.00 bits per heavy atom. The van der Waals surface area contributed by atoms with E-state index >= 15 is 0 Å². The third-order valence-electron chi connectivity index (χ3n) is 1.66. The molecule has 0 saturated carbocycles. The maximum atomic E-state index is 5.59. The SMILES string of the molecule is C=C(N)c1ccc(C(C)(C)C)s1. The Morgan fingerprint density at radius 1 is 1.42 bits per heavy atom. The molecule has 0 radical (unpaired) electrons. The smallest absolute Gasteiger partial charge is 0.0496 e. The molecule has 1 nitrogen and oxygen atoms in total. The lowest BCUT2D eigenvalue weighted by molar-refractivity contribution is 0.604. The maximum absolute atomic E-state index is 5.59. The Balaban J connectivity index is 3.00. The summed E-state index contributed by atoms with van der Waals surface area (Å²) in [5, 5.41) is 0. The van der Waals surface area contributed by atoms with Gasteiger partial charge in [-0.3, -0.25) is 0 Å². The van der Waals surface area contributed by atoms with E-state index in [1.165, 1.54) is 4.88 Å². The van der Waals surface area contributed by atoms with Crippen molar-refractivity contribution in [3.63, 3.8) is 0 Å². The van der Waals surface area contributed by atoms with Crippen LogP contribution < -0.4 is 5.73 Å². The van der Waals surface area contributed by atoms with E-state index < -0.39 is 0 Å². The highest BCUT2D eigenvalue weighted by molar-refractivity contribution is 7.13. The zero-order valence-corrected chi connectivity index (χ0v) is 8.66. The molecule has 1 heterocycles. The van der Waals surface area contributed by atoms with E-state index in [0.29, 0.717) is 5.70 Å². The molecule has 0 amide bonds. The highest BCUT2D eigenvalue weighted by Crippen LogP contribution is 2.30. The van der Waals surface area contributed by atoms with Crippen LogP contribution >= 0.6 is 11.3 Å². The summed E-state index contributed by atoms with van der Waals surface area (Å²) in [4.78, 5) is 2.43. The zero-order valence-electron chi connectivity index (χ0n) is 7.85. The molecular weight excluding hydrogens is 166 g/mol. The molecule has 0 aliphatic rings. The third-order valence-corrected chi connectivity index (χ3v) is 3.25. The largest absolute Gasteiger partial charge is 0.398 e. The van der Waals surface area contributed by atoms with Crippen LogP contribution in [0.3, 0.4) is 0 Å². The van der Waals surface area contributed by atoms with Crippen molar-refractivity contribution in [3.05, 3.63) is 28.5 Å². The molecule has 0 aromatic carbocycles. The monoisotopic (exact) mass is 181 g/mol. The van der Waals surface area contributed by atoms with Gasteiger partial charge in [0, 0.05) is 15.5 Å². The van der Waals surface area contributed by atoms with Crippen molar-refractivity contribution in [2.45, 2.75) is 26.2 Å². The molecule has 1 aromatic rings. The summed E-state index contributed by atoms with van der Waals surface area (Å²) >= 11 is 1.72. The summed E-state index contributed by atoms with van der Waals surface area (Å²) in [6, 6.07) is 4.16. The van der Waals surface area contributed by atoms with Crippen LogP contribution in [0.5, 0.6) is 0 Å². The fraction of sp³-hybridized carbons (Fsp3) is 0.400. The first kappa shape index (κ1) is 9.33. The molecule has 2 N–H and O–H groups in total. The third kappa shape index (κ3) is 1.89. The Kier molecular flexibility index (Phi) is 2.29. The van der Waals surface area contributed by atoms with Gasteiger partial charge in [0.25, 0.3) is 0 Å². The summed E-state index contributed by atoms with van der Waals surface area (Å²) in [6.45, 7) is 10.3. The number of thiophene rings is 1. The van der Waals surface area contributed by atoms with Gasteiger partial charge < -0.3 is 5.73 Å². The minimum absolute atomic E-state index is 0.221. The molecule has 0 saturated heterocycles. The predicted octanol–water partition coefficient (Wildman–Crippen LogP) is 2.98. The zero-order chi connectivity index (χ0) is 9.35. The second-order valence-electron chi connectivity index (χ2n) is 3.94. The van der Waals surface area contributed by atoms with E-state index in [0.717, 1.165) is 4.88 Å². The molecule has 0 aliphatic carbocycles. The van der Waals surface area contributed by atoms with Gasteiger partial charge >= 0.3 is 0 Å². The lowest BCUT2D eigenvalue weighted by Gasteiger charge is -2.15. The minimum atomic E-state index is 0.221. The van der Waals surface area contributed by atoms with Crippen LogP contribution in [0.25, 0.3) is 5.70 Å². The summed E-state index contributed by atoms with van der Waals surface area (Å²) in [7, 11) is 0. The summed E-state index contributed by atoms with van der Waals surface area (Å²) in [5.41, 5.74) is 6.47. The predicted molar refractivity (Wildman–Crippen MR) is 56.2 cm³/mol. The first-order chi connectivity index (χ1) is 5.41. The second kappa shape index (κ2) is 2.94. The molecule has 0 aliphatic heterocycles. The Bertz CT molecular complexity index is 291. The Morgan fingerprint density at radius 3 is 2.25 bits per heavy atom. The van der Waals surface area contributed by atoms with Crippen molar-refractivity contribution in [2.24, 2.45) is 5.73 Å². The van der Waals surface area contributed by atoms with Gasteiger partial charge in [0.1, 0.15) is 0 Å². The minimum Gasteiger partial charge on any atom is -0.398 e. The van der Waals surface area contributed by atoms with Gasteiger partial charge in [0.05, 0.1) is 0 Å². The molecule has 0 atom stereocenters. The molecule has 12 heavy (non-hydrogen) atoms. The van der Waals surface area contributed by atoms with Gasteiger partial charge in [0.2, 0.25) is 0 Å². The van der Waals surface area contributed by atoms with Gasteiger partial charge in [-0.1, -0.05) is 27.4 Å². The fourth-order valence-electron chi connectivity index (χ4n) is 0.914. The van der Waals surface area contributed by atoms with Crippen LogP contribution in [-0.2, 0) is 5.41 Å². The number of hydrogen-bond donors (Lipinski definition) is 1. The van der Waals surface area contributed by atoms with Crippen LogP contribution in [0.1, 0.15) is 30.5 Å². The normalized spacial score (nSPS) is 11.6. The molecule has 0 bridgehead atoms. The van der Waals surface area contributed by atoms with E-state index in [4.69, 9.17) is 5.73 Å². The lowest BCUT2D eigenvalue weighted by atomic mass is 9.95. The van der Waals surface area contributed by atoms with Crippen LogP contribution in [0.2, 0.25) is 0 Å². The van der Waals surface area contributed by atoms with Crippen molar-refractivity contribution in [2.75, 3.05) is 0 Å². The average Bonchev–Trinajstić information content (AvgIpc) is 2.30. The van der Waals surface area contributed by atoms with E-state index in [-0.39, 0.29) is 5.41 Å². The molecular formula is C10H15NS. The van der Waals surface area contributed by atoms with Crippen LogP contribution in [0, 0.1) is 0 Å². The van der Waals surface area contributed by atoms with Crippen molar-refractivity contribution >= 4 is 17.0 Å². The summed E-state index contributed by atoms with van der Waals surface area (Å²) in [6.07, 6.45) is 0. The Labute approximate surface area is 77.9 Å². The fourth-order valence-corrected chi connectivity index (χ4v) is 1.86. The van der Waals surface area contributed by atoms with Crippen molar-refractivity contribution in [1.29, 1.82) is 0 Å². The summed E-state index contributed by atoms with van der Waals surface area (Å²) in [5.74, 6) is 0. The van der Waals surface area contributed by atoms with Crippen molar-refractivity contribution in [3.8, 4) is 0 Å². The van der Waals surface area contributed by atoms with E-state index in [9.17, 15) is 0 Å². The van der Waals surface area contributed by atoms with Gasteiger partial charge in [-0.05, 0) is 17.5 Å². The molecule has 1 rings (SSSR count). The lowest BCUT2D eigenvalue weighted by Crippen LogP contribution is -2.07. The molecule has 0 unspecified atom stereocenters. The molecule has 66 valence electrons. The van der Waals surface area contributed by atoms with Gasteiger partial charge in [-0.2, -0.15) is 0 Å². The molecule has 1 aromatic heterocycles. The van der Waals surface area contributed by atoms with E-state index in [2.05, 4.69) is 33.4 Å². The molecule has 2 heteroatoms. The topological polar surface area (TPSA) is 26.0 Å². The van der Waals surface area contributed by atoms with Crippen LogP contribution in [0.4, 0.5) is 0 Å². The number of nitrogens with two attached hydrogens (primary N) is 1. The highest BCUT2D eigenvalue weighted by atomic mass is 32.1. The summed E-state index contributed by atoms with van der Waals surface area (Å²) < 4.78 is 0. The maximum Gasteiger partial charge on any atom is 0.0496 e. The van der Waals surface area contributed by atoms with Gasteiger partial charge in [-0.25, -0.2) is 0 Å². The standard InChI is InChI=1S/C10H15NS/c1-7(11)8-5-6-9(12-8)10(2,3)4/h5-6H,1,11H2,2-4H3. The first-order valence-electron chi connectivity index (χ1n) is 3.96. The molecule has 0 spiro atoms. The number of rotatable bonds is 1. The average molecular weight is 181 g/mol. The first-order valence-corrected chi connectivity index (χ1v) is 4.78. The number of hydrogen-bond acceptors (Lipinski definition) is 2. The van der Waals surface area contributed by atoms with Crippen molar-refractivity contribution in [1.82, 2.24) is 0 Å². The van der Waals surface area contributed by atoms with E-state index in [1.807, 2.05) is 6.07 Å². The highest BCUT2D eigenvalue weighted by Gasteiger charge is 2.15. The van der Waals surface area contributed by atoms with Crippen LogP contribution in [0.15, 0.2) is 18.7 Å². The van der Waals surface area contributed by atoms with E-state index in [1.54, 1.807) is 11.3 Å². The Hall–Kier alpha value is -0.760. The quantitative estimate of drug-likeness (QED) is 0.708. The van der Waals surface area contributed by atoms with Crippen molar-refractivity contribution < 1.29 is 0 Å². The van der Waals surface area contributed by atoms with Gasteiger partial charge in [0.15, 0.2) is 0 Å². The van der Waals surface area contributed by atoms with Gasteiger partial charge in [-0.15, -0.1) is 11.3 Å². The second-order valence-corrected chi connectivity index (χ2v) is 5.02. The van der Waals surface area contributed by atoms with Crippen LogP contribution in [-0.4, -0.2) is 0 Å².